The molecule has 1 amide bonds. The molecule has 3 heterocycles. The van der Waals surface area contributed by atoms with E-state index >= 15 is 0 Å². The molecule has 6 aliphatic carbocycles. The molecular formula is C50H74I2N4O8. The highest BCUT2D eigenvalue weighted by molar-refractivity contribution is 14.1. The fourth-order valence-corrected chi connectivity index (χ4v) is 14.1. The number of esters is 1. The zero-order valence-electron chi connectivity index (χ0n) is 39.4. The molecule has 356 valence electrons. The Morgan fingerprint density at radius 1 is 0.812 bits per heavy atom. The van der Waals surface area contributed by atoms with Crippen LogP contribution in [0.3, 0.4) is 0 Å². The van der Waals surface area contributed by atoms with Crippen LogP contribution in [0.25, 0.3) is 0 Å². The molecule has 18 atom stereocenters. The number of ether oxygens (including phenoxy) is 1. The summed E-state index contributed by atoms with van der Waals surface area (Å²) in [5, 5.41) is 36.8. The number of cyclic esters (lactones) is 1. The molecule has 0 radical (unpaired) electrons. The second-order valence-corrected chi connectivity index (χ2v) is 23.9. The van der Waals surface area contributed by atoms with Gasteiger partial charge in [0.15, 0.2) is 0 Å². The highest BCUT2D eigenvalue weighted by Gasteiger charge is 2.59. The minimum absolute atomic E-state index is 0.0818. The Bertz CT molecular complexity index is 1970. The minimum atomic E-state index is -0.785. The number of benzene rings is 2. The van der Waals surface area contributed by atoms with Gasteiger partial charge in [0, 0.05) is 25.1 Å². The summed E-state index contributed by atoms with van der Waals surface area (Å²) in [6, 6.07) is 15.4. The number of hydrogen-bond acceptors (Lipinski definition) is 11. The first-order valence-electron chi connectivity index (χ1n) is 23.7. The number of aliphatic hydroxyl groups excluding tert-OH is 3. The fourth-order valence-electron chi connectivity index (χ4n) is 12.9. The predicted octanol–water partition coefficient (Wildman–Crippen LogP) is 7.42. The molecule has 3 aliphatic heterocycles. The largest absolute Gasteiger partial charge is 0.461 e. The summed E-state index contributed by atoms with van der Waals surface area (Å²) in [6.45, 7) is 21.3. The molecule has 3 unspecified atom stereocenters. The van der Waals surface area contributed by atoms with Gasteiger partial charge in [-0.05, 0) is 180 Å². The number of fused-ring (bicyclic) bond motifs is 5. The summed E-state index contributed by atoms with van der Waals surface area (Å²) in [4.78, 5) is 37.8. The van der Waals surface area contributed by atoms with Crippen molar-refractivity contribution in [1.82, 2.24) is 15.4 Å². The third kappa shape index (κ3) is 9.46. The van der Waals surface area contributed by atoms with Crippen molar-refractivity contribution in [2.24, 2.45) is 63.9 Å². The molecule has 9 aliphatic rings. The molecule has 0 spiro atoms. The quantitative estimate of drug-likeness (QED) is 0.125. The topological polar surface area (TPSA) is 167 Å². The Morgan fingerprint density at radius 2 is 1.33 bits per heavy atom. The van der Waals surface area contributed by atoms with E-state index in [0.717, 1.165) is 42.4 Å². The SMILES string of the molecule is CC(c1cccc(I)c1)N1O[C@@H](CO)[C@@H]([C@H](C)O)[C@H]1C(=O)NC1C[C@H]2C[C@@H]([C@@H]1C)C2(C)C.CC(c1cccc(I)c1)N1O[C@@H](CO)[C@H]2[C@H](C)OC(=O)[C@H]21.C[C@@H]1[C@@H](N)C[C@H]2C[C@@H]1C2(C)C. The van der Waals surface area contributed by atoms with E-state index in [2.05, 4.69) is 104 Å². The number of carbonyl (C=O) groups excluding carboxylic acids is 2. The lowest BCUT2D eigenvalue weighted by Gasteiger charge is -2.62. The Hall–Kier alpha value is -1.48. The van der Waals surface area contributed by atoms with Crippen LogP contribution < -0.4 is 11.1 Å². The van der Waals surface area contributed by atoms with Gasteiger partial charge < -0.3 is 31.1 Å². The maximum atomic E-state index is 13.7. The van der Waals surface area contributed by atoms with Gasteiger partial charge in [0.2, 0.25) is 5.91 Å². The summed E-state index contributed by atoms with van der Waals surface area (Å²) >= 11 is 4.54. The smallest absolute Gasteiger partial charge is 0.326 e. The summed E-state index contributed by atoms with van der Waals surface area (Å²) in [6.07, 6.45) is 2.95. The second kappa shape index (κ2) is 19.9. The Labute approximate surface area is 408 Å². The maximum absolute atomic E-state index is 13.7. The molecule has 9 fully saturated rings. The van der Waals surface area contributed by atoms with Gasteiger partial charge in [0.05, 0.1) is 37.3 Å². The van der Waals surface area contributed by atoms with Crippen molar-refractivity contribution in [2.45, 2.75) is 156 Å². The number of nitrogens with zero attached hydrogens (tertiary/aromatic N) is 2. The van der Waals surface area contributed by atoms with Crippen molar-refractivity contribution in [1.29, 1.82) is 0 Å². The Balaban J connectivity index is 0.000000162. The van der Waals surface area contributed by atoms with Crippen molar-refractivity contribution in [2.75, 3.05) is 13.2 Å². The summed E-state index contributed by atoms with van der Waals surface area (Å²) in [5.41, 5.74) is 9.09. The number of nitrogens with one attached hydrogen (secondary N) is 1. The van der Waals surface area contributed by atoms with Crippen LogP contribution >= 0.6 is 45.2 Å². The summed E-state index contributed by atoms with van der Waals surface area (Å²) in [5.74, 6) is 3.30. The lowest BCUT2D eigenvalue weighted by molar-refractivity contribution is -0.207. The number of amides is 1. The number of hydrogen-bond donors (Lipinski definition) is 5. The first-order valence-corrected chi connectivity index (χ1v) is 25.8. The van der Waals surface area contributed by atoms with Crippen molar-refractivity contribution in [3.8, 4) is 0 Å². The van der Waals surface area contributed by atoms with E-state index in [1.54, 1.807) is 17.1 Å². The van der Waals surface area contributed by atoms with Crippen LogP contribution in [0.15, 0.2) is 48.5 Å². The van der Waals surface area contributed by atoms with Crippen LogP contribution in [-0.4, -0.2) is 99.1 Å². The minimum Gasteiger partial charge on any atom is -0.461 e. The number of carbonyl (C=O) groups is 2. The third-order valence-electron chi connectivity index (χ3n) is 17.4. The number of aliphatic hydroxyl groups is 3. The van der Waals surface area contributed by atoms with Crippen molar-refractivity contribution >= 4 is 57.1 Å². The van der Waals surface area contributed by atoms with E-state index in [1.165, 1.54) is 19.3 Å². The van der Waals surface area contributed by atoms with Crippen LogP contribution in [0.1, 0.15) is 118 Å². The number of nitrogens with two attached hydrogens (primary N) is 1. The first-order chi connectivity index (χ1) is 30.1. The monoisotopic (exact) mass is 1110 g/mol. The van der Waals surface area contributed by atoms with Crippen LogP contribution in [0.2, 0.25) is 0 Å². The highest BCUT2D eigenvalue weighted by atomic mass is 127. The summed E-state index contributed by atoms with van der Waals surface area (Å²) < 4.78 is 7.57. The van der Waals surface area contributed by atoms with E-state index in [1.807, 2.05) is 57.2 Å². The first kappa shape index (κ1) is 50.4. The molecule has 11 rings (SSSR count). The van der Waals surface area contributed by atoms with E-state index in [-0.39, 0.29) is 61.3 Å². The van der Waals surface area contributed by atoms with Crippen molar-refractivity contribution < 1.29 is 39.3 Å². The molecule has 2 aromatic rings. The molecule has 14 heteroatoms. The van der Waals surface area contributed by atoms with Crippen molar-refractivity contribution in [3.05, 3.63) is 66.8 Å². The summed E-state index contributed by atoms with van der Waals surface area (Å²) in [7, 11) is 0. The molecule has 64 heavy (non-hydrogen) atoms. The van der Waals surface area contributed by atoms with Crippen molar-refractivity contribution in [3.63, 3.8) is 0 Å². The number of halogens is 2. The van der Waals surface area contributed by atoms with E-state index in [4.69, 9.17) is 20.1 Å². The molecule has 6 N–H and O–H groups in total. The van der Waals surface area contributed by atoms with Crippen LogP contribution in [0.5, 0.6) is 0 Å². The fraction of sp³-hybridized carbons (Fsp3) is 0.720. The number of rotatable bonds is 9. The Morgan fingerprint density at radius 3 is 1.80 bits per heavy atom. The molecule has 2 aromatic carbocycles. The standard InChI is InChI=1S/C25H37IN2O4.C15H18INO4.C10H19N/c1-13-19-10-17(25(19,4)5)11-20(13)27-24(31)23-22(15(3)30)21(12-29)32-28(23)14(2)16-7-6-8-18(26)9-16;1-8(10-4-3-5-11(16)6-10)17-14-13(12(7-18)21-17)9(2)20-15(14)19;1-6-8-4-7(5-9(6)11)10(8,2)3/h6-9,13-15,17,19-23,29-30H,10-12H2,1-5H3,(H,27,31);3-6,8-9,12-14,18H,7H2,1-2H3;6-9H,4-5,11H2,1-3H3/t13-,14?,15-,17+,19-,20?,21-,22+,23-;8?,9-,12-,13+,14-;6-,7+,8-,9-/m000/s1. The van der Waals surface area contributed by atoms with E-state index in [0.29, 0.717) is 34.6 Å². The average molecular weight is 1110 g/mol. The highest BCUT2D eigenvalue weighted by Crippen LogP contribution is 2.62. The normalized spacial score (nSPS) is 39.3. The van der Waals surface area contributed by atoms with Gasteiger partial charge in [0.25, 0.3) is 0 Å². The lowest BCUT2D eigenvalue weighted by atomic mass is 9.45. The van der Waals surface area contributed by atoms with Crippen LogP contribution in [0.4, 0.5) is 0 Å². The average Bonchev–Trinajstić information content (AvgIpc) is 3.93. The van der Waals surface area contributed by atoms with Gasteiger partial charge >= 0.3 is 5.97 Å². The predicted molar refractivity (Wildman–Crippen MR) is 263 cm³/mol. The molecular weight excluding hydrogens is 1040 g/mol. The van der Waals surface area contributed by atoms with E-state index in [9.17, 15) is 24.9 Å². The number of hydroxylamine groups is 4. The van der Waals surface area contributed by atoms with E-state index < -0.39 is 30.2 Å². The molecule has 3 saturated heterocycles. The van der Waals surface area contributed by atoms with Gasteiger partial charge in [-0.2, -0.15) is 10.1 Å². The zero-order chi connectivity index (χ0) is 46.7. The van der Waals surface area contributed by atoms with Gasteiger partial charge in [-0.1, -0.05) is 65.8 Å². The van der Waals surface area contributed by atoms with Gasteiger partial charge in [-0.3, -0.25) is 19.3 Å². The second-order valence-electron chi connectivity index (χ2n) is 21.5. The molecule has 0 aromatic heterocycles. The maximum Gasteiger partial charge on any atom is 0.326 e. The zero-order valence-corrected chi connectivity index (χ0v) is 43.7. The Kier molecular flexibility index (Phi) is 15.6. The third-order valence-corrected chi connectivity index (χ3v) is 18.8. The molecule has 4 bridgehead atoms. The van der Waals surface area contributed by atoms with Gasteiger partial charge in [0.1, 0.15) is 30.4 Å². The lowest BCUT2D eigenvalue weighted by Crippen LogP contribution is -2.62. The van der Waals surface area contributed by atoms with Crippen LogP contribution in [-0.2, 0) is 24.0 Å². The van der Waals surface area contributed by atoms with Gasteiger partial charge in [-0.25, -0.2) is 0 Å². The van der Waals surface area contributed by atoms with Gasteiger partial charge in [-0.15, -0.1) is 0 Å². The van der Waals surface area contributed by atoms with Crippen LogP contribution in [0, 0.1) is 65.3 Å². The molecule has 12 nitrogen and oxygen atoms in total. The molecule has 6 saturated carbocycles.